The minimum Gasteiger partial charge on any atom is -0.463 e. The average Bonchev–Trinajstić information content (AvgIpc) is 0.747. The van der Waals surface area contributed by atoms with Gasteiger partial charge in [-0.05, 0) is 60.7 Å². The number of carbonyl (C=O) groups is 16. The number of amides is 1. The first-order valence-corrected chi connectivity index (χ1v) is 42.6. The second kappa shape index (κ2) is 48.7. The topological polar surface area (TPSA) is 540 Å². The molecule has 10 rings (SSSR count). The van der Waals surface area contributed by atoms with Crippen molar-refractivity contribution in [3.05, 3.63) is 179 Å². The van der Waals surface area contributed by atoms with Crippen molar-refractivity contribution in [3.8, 4) is 0 Å². The van der Waals surface area contributed by atoms with Crippen LogP contribution in [0.4, 0.5) is 0 Å². The van der Waals surface area contributed by atoms with E-state index in [4.69, 9.17) is 159 Å². The zero-order valence-electron chi connectivity index (χ0n) is 73.8. The summed E-state index contributed by atoms with van der Waals surface area (Å²) >= 11 is 18.8. The van der Waals surface area contributed by atoms with E-state index in [9.17, 15) is 67.1 Å². The van der Waals surface area contributed by atoms with E-state index in [2.05, 4.69) is 5.32 Å². The Kier molecular flexibility index (Phi) is 37.7. The van der Waals surface area contributed by atoms with Crippen LogP contribution in [0.25, 0.3) is 0 Å². The van der Waals surface area contributed by atoms with Gasteiger partial charge in [0.15, 0.2) is 80.1 Å². The van der Waals surface area contributed by atoms with Crippen LogP contribution in [-0.2, 0) is 171 Å². The van der Waals surface area contributed by atoms with Crippen LogP contribution >= 0.6 is 34.8 Å². The molecule has 5 heterocycles. The number of benzene rings is 5. The highest BCUT2D eigenvalue weighted by atomic mass is 35.6. The van der Waals surface area contributed by atoms with Gasteiger partial charge in [-0.3, -0.25) is 58.1 Å². The van der Waals surface area contributed by atoms with Gasteiger partial charge in [-0.1, -0.05) is 126 Å². The number of carbonyl (C=O) groups excluding carboxylic acids is 16. The third kappa shape index (κ3) is 29.6. The van der Waals surface area contributed by atoms with Crippen LogP contribution in [0.15, 0.2) is 152 Å². The van der Waals surface area contributed by atoms with Crippen molar-refractivity contribution >= 4 is 136 Å². The molecule has 0 aromatic heterocycles. The number of hydrogen-bond donors (Lipinski definition) is 2. The molecule has 5 fully saturated rings. The third-order valence-corrected chi connectivity index (χ3v) is 20.6. The van der Waals surface area contributed by atoms with Crippen molar-refractivity contribution in [3.63, 3.8) is 0 Å². The molecule has 5 aromatic rings. The molecule has 728 valence electrons. The summed E-state index contributed by atoms with van der Waals surface area (Å²) in [5, 5.41) is 11.5. The van der Waals surface area contributed by atoms with Crippen LogP contribution < -0.4 is 5.32 Å². The van der Waals surface area contributed by atoms with Crippen molar-refractivity contribution in [1.82, 2.24) is 5.32 Å². The highest BCUT2D eigenvalue weighted by Crippen LogP contribution is 2.43. The second-order valence-electron chi connectivity index (χ2n) is 30.4. The van der Waals surface area contributed by atoms with Gasteiger partial charge in [0, 0.05) is 76.2 Å². The lowest BCUT2D eigenvalue weighted by Gasteiger charge is -2.52. The Morgan fingerprint density at radius 3 is 0.815 bits per heavy atom. The molecule has 5 aromatic carbocycles. The molecule has 2 N–H and O–H groups in total. The molecular formula is C89H95Cl3N2O41. The maximum absolute atomic E-state index is 15.5. The average molecular weight is 1960 g/mol. The van der Waals surface area contributed by atoms with Crippen molar-refractivity contribution in [2.75, 3.05) is 33.0 Å². The molecule has 0 unspecified atom stereocenters. The van der Waals surface area contributed by atoms with Crippen LogP contribution in [-0.4, -0.2) is 292 Å². The Hall–Kier alpha value is -12.4. The minimum atomic E-state index is -2.76. The molecule has 0 bridgehead atoms. The van der Waals surface area contributed by atoms with E-state index in [1.165, 1.54) is 133 Å². The molecule has 135 heavy (non-hydrogen) atoms. The number of ether oxygens (including phenoxy) is 25. The number of alkyl halides is 3. The van der Waals surface area contributed by atoms with E-state index < -0.39 is 292 Å². The van der Waals surface area contributed by atoms with E-state index >= 15 is 9.59 Å². The molecule has 43 nitrogen and oxygen atoms in total. The lowest BCUT2D eigenvalue weighted by atomic mass is 9.93. The first-order valence-electron chi connectivity index (χ1n) is 41.4. The van der Waals surface area contributed by atoms with Gasteiger partial charge in [0.25, 0.3) is 3.79 Å². The fraction of sp³-hybridized carbons (Fsp3) is 0.472. The van der Waals surface area contributed by atoms with Gasteiger partial charge in [-0.15, -0.1) is 0 Å². The van der Waals surface area contributed by atoms with Gasteiger partial charge in [0.2, 0.25) is 24.2 Å². The normalized spacial score (nSPS) is 28.0. The quantitative estimate of drug-likeness (QED) is 0.0163. The van der Waals surface area contributed by atoms with Crippen LogP contribution in [0, 0.1) is 5.41 Å². The smallest absolute Gasteiger partial charge is 0.338 e. The van der Waals surface area contributed by atoms with E-state index in [0.717, 1.165) is 76.2 Å². The molecular weight excluding hydrogens is 1860 g/mol. The molecule has 1 amide bonds. The summed E-state index contributed by atoms with van der Waals surface area (Å²) in [4.78, 5) is 223. The SMILES string of the molecule is CC(=O)N[C@H]1[C@H](O[C@H]2[C@@H](OC(C)=O)[C@@H](COC(=O)c3ccccc3)O[C@@H](O[C@H]3[C@H](OC(=O)c4ccccc4)[C@@H](OC(=O)c4ccccc4)[C@@H](OC(=N)C(Cl)(Cl)Cl)O[C@@H]3COC(=O)c3ccccc3)[C@@H]2OC(=O)c2ccccc2)O[C@H](COC(C)=O)[C@@H](O[C@@H]2O[C@H](COC(C)=O)[C@H](OC(C)=O)[C@H](O[C@H]3O[C@H](COC(C)=O)[C@H](OC(C)=O)[C@H](OC(C)=O)[C@H]3OC(C)=O)[C@H]2OC(C)=O)[C@@H]1OC(C)=O. The van der Waals surface area contributed by atoms with Crippen LogP contribution in [0.3, 0.4) is 0 Å². The Morgan fingerprint density at radius 2 is 0.489 bits per heavy atom. The van der Waals surface area contributed by atoms with Crippen molar-refractivity contribution in [2.24, 2.45) is 0 Å². The Bertz CT molecular complexity index is 5020. The number of rotatable bonds is 35. The Balaban J connectivity index is 1.19. The Labute approximate surface area is 784 Å². The largest absolute Gasteiger partial charge is 0.463 e. The summed E-state index contributed by atoms with van der Waals surface area (Å²) in [6, 6.07) is 33.2. The number of nitrogens with one attached hydrogen (secondary N) is 2. The van der Waals surface area contributed by atoms with Crippen LogP contribution in [0.5, 0.6) is 0 Å². The summed E-state index contributed by atoms with van der Waals surface area (Å²) in [5.41, 5.74) is -0.835. The minimum absolute atomic E-state index is 0.0726. The molecule has 25 atom stereocenters. The fourth-order valence-electron chi connectivity index (χ4n) is 14.7. The van der Waals surface area contributed by atoms with Crippen molar-refractivity contribution in [2.45, 2.75) is 233 Å². The summed E-state index contributed by atoms with van der Waals surface area (Å²) < 4.78 is 153. The van der Waals surface area contributed by atoms with Crippen LogP contribution in [0.1, 0.15) is 128 Å². The van der Waals surface area contributed by atoms with Gasteiger partial charge >= 0.3 is 89.5 Å². The number of hydrogen-bond acceptors (Lipinski definition) is 42. The molecule has 5 saturated heterocycles. The zero-order valence-corrected chi connectivity index (χ0v) is 76.0. The van der Waals surface area contributed by atoms with E-state index in [0.29, 0.717) is 0 Å². The van der Waals surface area contributed by atoms with Gasteiger partial charge in [-0.2, -0.15) is 0 Å². The van der Waals surface area contributed by atoms with Crippen molar-refractivity contribution < 1.29 is 195 Å². The first-order chi connectivity index (χ1) is 64.1. The summed E-state index contributed by atoms with van der Waals surface area (Å²) in [6.45, 7) is 4.90. The van der Waals surface area contributed by atoms with Gasteiger partial charge in [0.05, 0.1) is 27.8 Å². The summed E-state index contributed by atoms with van der Waals surface area (Å²) in [7, 11) is 0. The third-order valence-electron chi connectivity index (χ3n) is 20.0. The van der Waals surface area contributed by atoms with E-state index in [1.807, 2.05) is 0 Å². The number of halogens is 3. The highest BCUT2D eigenvalue weighted by molar-refractivity contribution is 6.76. The summed E-state index contributed by atoms with van der Waals surface area (Å²) in [6.07, 6.45) is -53.1. The van der Waals surface area contributed by atoms with Crippen molar-refractivity contribution in [1.29, 1.82) is 5.41 Å². The second-order valence-corrected chi connectivity index (χ2v) is 32.6. The maximum Gasteiger partial charge on any atom is 0.338 e. The maximum atomic E-state index is 15.5. The lowest BCUT2D eigenvalue weighted by molar-refractivity contribution is -0.386. The molecule has 46 heteroatoms. The van der Waals surface area contributed by atoms with Gasteiger partial charge in [0.1, 0.15) is 94.0 Å². The zero-order chi connectivity index (χ0) is 98.2. The lowest BCUT2D eigenvalue weighted by Crippen LogP contribution is -2.71. The molecule has 5 aliphatic heterocycles. The molecule has 0 aliphatic carbocycles. The van der Waals surface area contributed by atoms with Gasteiger partial charge in [-0.25, -0.2) is 24.0 Å². The standard InChI is InChI=1S/C89H95Cl3N2O41/c1-42(95)94-63-69(119-49(8)102)64(131-84-75(122-52(11)105)72(66(117-47(6)100)60(124-84)39-113-45(4)98)134-85-74(121-51(10)104)70(120-50(9)103)65(116-46(5)99)59(125-85)38-112-44(3)97)58(37-111-43(2)96)123-83(63)133-73-67(118-48(7)101)61(40-114-78(106)53-27-17-12-18-28-53)126-86(77(73)130-82(110)57-35-25-16-26-36-57)132-68-62(41-115-79(107)54-29-19-13-20-30-54)127-87(135-88(93)89(90,91)92)76(129-81(109)56-33-23-15-24-34-56)71(68)128-80(108)55-31-21-14-22-32-55/h12-36,58-77,83-87,93H,37-41H2,1-11H3,(H,94,95)/t58-,59-,60-,61-,62-,63-,64-,65+,66+,67+,68-,69-,70+,71+,72+,73+,74-,75-,76-,77-,83+,84+,85-,86+,87-/m1/s1. The fourth-order valence-corrected chi connectivity index (χ4v) is 14.8. The van der Waals surface area contributed by atoms with Gasteiger partial charge < -0.3 is 124 Å². The number of esters is 15. The van der Waals surface area contributed by atoms with E-state index in [-0.39, 0.29) is 27.8 Å². The molecule has 0 spiro atoms. The Morgan fingerprint density at radius 1 is 0.259 bits per heavy atom. The highest BCUT2D eigenvalue weighted by Gasteiger charge is 2.64. The molecule has 0 radical (unpaired) electrons. The molecule has 0 saturated carbocycles. The first kappa shape index (κ1) is 105. The monoisotopic (exact) mass is 1950 g/mol. The van der Waals surface area contributed by atoms with Crippen LogP contribution in [0.2, 0.25) is 0 Å². The molecule has 5 aliphatic rings. The predicted molar refractivity (Wildman–Crippen MR) is 449 cm³/mol. The predicted octanol–water partition coefficient (Wildman–Crippen LogP) is 5.62. The summed E-state index contributed by atoms with van der Waals surface area (Å²) in [5.74, 6) is -19.5. The van der Waals surface area contributed by atoms with E-state index in [1.54, 1.807) is 18.2 Å².